The number of allylic oxidation sites excluding steroid dienone is 2. The van der Waals surface area contributed by atoms with E-state index in [4.69, 9.17) is 11.6 Å². The smallest absolute Gasteiger partial charge is 0.0373 e. The summed E-state index contributed by atoms with van der Waals surface area (Å²) in [5.41, 5.74) is 2.71. The molecule has 2 saturated carbocycles. The van der Waals surface area contributed by atoms with Crippen LogP contribution in [0.15, 0.2) is 11.6 Å². The van der Waals surface area contributed by atoms with Crippen LogP contribution in [0.5, 0.6) is 0 Å². The third-order valence-electron chi connectivity index (χ3n) is 10.0. The Balaban J connectivity index is 1.63. The maximum absolute atomic E-state index is 6.54. The van der Waals surface area contributed by atoms with Gasteiger partial charge in [-0.05, 0) is 98.2 Å². The molecule has 0 radical (unpaired) electrons. The largest absolute Gasteiger partial charge is 0.123 e. The van der Waals surface area contributed by atoms with E-state index in [2.05, 4.69) is 47.6 Å². The molecule has 1 heteroatoms. The molecule has 3 rings (SSSR count). The van der Waals surface area contributed by atoms with E-state index >= 15 is 0 Å². The predicted octanol–water partition coefficient (Wildman–Crippen LogP) is 9.42. The summed E-state index contributed by atoms with van der Waals surface area (Å²) in [6.45, 7) is 15.1. The third-order valence-corrected chi connectivity index (χ3v) is 10.4. The summed E-state index contributed by atoms with van der Waals surface area (Å²) < 4.78 is 0. The van der Waals surface area contributed by atoms with E-state index in [1.54, 1.807) is 5.57 Å². The number of alkyl halides is 1. The lowest BCUT2D eigenvalue weighted by atomic mass is 9.57. The highest BCUT2D eigenvalue weighted by atomic mass is 35.5. The Labute approximate surface area is 187 Å². The first-order chi connectivity index (χ1) is 13.7. The molecule has 0 aromatic rings. The van der Waals surface area contributed by atoms with Gasteiger partial charge in [-0.25, -0.2) is 0 Å². The number of rotatable bonds is 8. The minimum absolute atomic E-state index is 0.386. The van der Waals surface area contributed by atoms with Crippen molar-refractivity contribution in [2.75, 3.05) is 0 Å². The number of hydrogen-bond donors (Lipinski definition) is 0. The first kappa shape index (κ1) is 23.7. The van der Waals surface area contributed by atoms with Crippen LogP contribution in [0.4, 0.5) is 0 Å². The lowest BCUT2D eigenvalue weighted by molar-refractivity contribution is 0.0722. The van der Waals surface area contributed by atoms with Gasteiger partial charge in [-0.3, -0.25) is 0 Å². The second kappa shape index (κ2) is 9.67. The van der Waals surface area contributed by atoms with E-state index in [1.807, 2.05) is 0 Å². The van der Waals surface area contributed by atoms with E-state index in [1.165, 1.54) is 70.6 Å². The second-order valence-corrected chi connectivity index (χ2v) is 12.8. The Morgan fingerprint density at radius 1 is 1.07 bits per heavy atom. The van der Waals surface area contributed by atoms with Gasteiger partial charge in [0.05, 0.1) is 0 Å². The molecule has 0 nitrogen and oxygen atoms in total. The fraction of sp³-hybridized carbons (Fsp3) is 0.929. The van der Waals surface area contributed by atoms with Crippen molar-refractivity contribution < 1.29 is 0 Å². The molecule has 0 amide bonds. The topological polar surface area (TPSA) is 0 Å². The highest BCUT2D eigenvalue weighted by Crippen LogP contribution is 2.58. The van der Waals surface area contributed by atoms with Gasteiger partial charge in [-0.1, -0.05) is 72.5 Å². The molecule has 168 valence electrons. The highest BCUT2D eigenvalue weighted by molar-refractivity contribution is 6.20. The van der Waals surface area contributed by atoms with Crippen molar-refractivity contribution in [2.24, 2.45) is 40.4 Å². The zero-order chi connectivity index (χ0) is 21.2. The normalized spacial score (nSPS) is 41.3. The first-order valence-corrected chi connectivity index (χ1v) is 13.4. The summed E-state index contributed by atoms with van der Waals surface area (Å²) in [4.78, 5) is 0. The Morgan fingerprint density at radius 3 is 2.55 bits per heavy atom. The van der Waals surface area contributed by atoms with Crippen molar-refractivity contribution in [3.63, 3.8) is 0 Å². The molecule has 0 aromatic heterocycles. The molecule has 0 aliphatic heterocycles. The first-order valence-electron chi connectivity index (χ1n) is 13.0. The second-order valence-electron chi connectivity index (χ2n) is 12.2. The van der Waals surface area contributed by atoms with Crippen molar-refractivity contribution in [1.82, 2.24) is 0 Å². The lowest BCUT2D eigenvalue weighted by Gasteiger charge is -2.48. The minimum atomic E-state index is 0.386. The molecule has 0 saturated heterocycles. The maximum Gasteiger partial charge on any atom is 0.0373 e. The molecular weight excluding hydrogens is 372 g/mol. The van der Waals surface area contributed by atoms with Crippen LogP contribution in [0.2, 0.25) is 0 Å². The summed E-state index contributed by atoms with van der Waals surface area (Å²) >= 11 is 6.54. The molecule has 0 bridgehead atoms. The summed E-state index contributed by atoms with van der Waals surface area (Å²) in [5, 5.41) is 0.386. The van der Waals surface area contributed by atoms with E-state index in [0.717, 1.165) is 36.0 Å². The van der Waals surface area contributed by atoms with Gasteiger partial charge < -0.3 is 0 Å². The number of halogens is 1. The van der Waals surface area contributed by atoms with Crippen LogP contribution in [0.25, 0.3) is 0 Å². The fourth-order valence-electron chi connectivity index (χ4n) is 7.57. The van der Waals surface area contributed by atoms with Crippen LogP contribution in [0.1, 0.15) is 119 Å². The standard InChI is InChI=1S/C28H49Cl/c1-20(2)9-7-10-21(3)26-14-13-22(4)27(26,5)17-15-23-11-8-12-24-19-25(29)16-18-28(23,24)6/h12,20-23,25-26H,7-11,13-19H2,1-6H3/t21-,22-,23-,25+,26-,27+,28-/m1/s1. The summed E-state index contributed by atoms with van der Waals surface area (Å²) in [6, 6.07) is 0. The Bertz CT molecular complexity index is 563. The average Bonchev–Trinajstić information content (AvgIpc) is 2.95. The number of hydrogen-bond acceptors (Lipinski definition) is 0. The molecule has 2 fully saturated rings. The van der Waals surface area contributed by atoms with Gasteiger partial charge in [0.25, 0.3) is 0 Å². The van der Waals surface area contributed by atoms with Crippen molar-refractivity contribution in [1.29, 1.82) is 0 Å². The molecule has 3 aliphatic rings. The van der Waals surface area contributed by atoms with Gasteiger partial charge in [0, 0.05) is 5.38 Å². The lowest BCUT2D eigenvalue weighted by Crippen LogP contribution is -2.39. The molecule has 0 aromatic carbocycles. The molecule has 0 N–H and O–H groups in total. The quantitative estimate of drug-likeness (QED) is 0.271. The monoisotopic (exact) mass is 420 g/mol. The number of fused-ring (bicyclic) bond motifs is 1. The summed E-state index contributed by atoms with van der Waals surface area (Å²) in [7, 11) is 0. The Hall–Kier alpha value is 0.0300. The van der Waals surface area contributed by atoms with Crippen molar-refractivity contribution in [2.45, 2.75) is 124 Å². The van der Waals surface area contributed by atoms with Gasteiger partial charge in [-0.15, -0.1) is 11.6 Å². The fourth-order valence-corrected chi connectivity index (χ4v) is 7.84. The third kappa shape index (κ3) is 5.10. The Kier molecular flexibility index (Phi) is 7.90. The van der Waals surface area contributed by atoms with Crippen molar-refractivity contribution in [3.8, 4) is 0 Å². The highest BCUT2D eigenvalue weighted by Gasteiger charge is 2.48. The molecule has 7 atom stereocenters. The zero-order valence-corrected chi connectivity index (χ0v) is 21.2. The predicted molar refractivity (Wildman–Crippen MR) is 129 cm³/mol. The Morgan fingerprint density at radius 2 is 1.83 bits per heavy atom. The van der Waals surface area contributed by atoms with Crippen LogP contribution >= 0.6 is 11.6 Å². The van der Waals surface area contributed by atoms with E-state index in [0.29, 0.717) is 16.2 Å². The summed E-state index contributed by atoms with van der Waals surface area (Å²) in [5.74, 6) is 4.47. The molecule has 3 aliphatic carbocycles. The van der Waals surface area contributed by atoms with Gasteiger partial charge >= 0.3 is 0 Å². The van der Waals surface area contributed by atoms with Gasteiger partial charge in [0.1, 0.15) is 0 Å². The average molecular weight is 421 g/mol. The summed E-state index contributed by atoms with van der Waals surface area (Å²) in [6.07, 6.45) is 19.0. The van der Waals surface area contributed by atoms with Crippen LogP contribution in [0, 0.1) is 40.4 Å². The molecular formula is C28H49Cl. The van der Waals surface area contributed by atoms with Crippen LogP contribution in [-0.2, 0) is 0 Å². The van der Waals surface area contributed by atoms with Crippen LogP contribution in [-0.4, -0.2) is 5.38 Å². The molecule has 29 heavy (non-hydrogen) atoms. The van der Waals surface area contributed by atoms with E-state index in [9.17, 15) is 0 Å². The molecule has 0 unspecified atom stereocenters. The maximum atomic E-state index is 6.54. The molecule has 0 heterocycles. The molecule has 0 spiro atoms. The van der Waals surface area contributed by atoms with Crippen LogP contribution in [0.3, 0.4) is 0 Å². The SMILES string of the molecule is CC(C)CCC[C@@H](C)[C@H]1CC[C@@H](C)[C@]1(C)CC[C@H]1CCC=C2C[C@@H](Cl)CC[C@@]21C. The zero-order valence-electron chi connectivity index (χ0n) is 20.4. The van der Waals surface area contributed by atoms with E-state index in [-0.39, 0.29) is 0 Å². The van der Waals surface area contributed by atoms with Gasteiger partial charge in [0.2, 0.25) is 0 Å². The van der Waals surface area contributed by atoms with Crippen molar-refractivity contribution in [3.05, 3.63) is 11.6 Å². The van der Waals surface area contributed by atoms with Gasteiger partial charge in [0.15, 0.2) is 0 Å². The van der Waals surface area contributed by atoms with Crippen molar-refractivity contribution >= 4 is 11.6 Å². The van der Waals surface area contributed by atoms with Gasteiger partial charge in [-0.2, -0.15) is 0 Å². The van der Waals surface area contributed by atoms with E-state index < -0.39 is 0 Å². The van der Waals surface area contributed by atoms with Crippen LogP contribution < -0.4 is 0 Å². The minimum Gasteiger partial charge on any atom is -0.123 e.